The van der Waals surface area contributed by atoms with Crippen molar-refractivity contribution in [2.75, 3.05) is 18.0 Å². The Labute approximate surface area is 88.0 Å². The third-order valence-corrected chi connectivity index (χ3v) is 2.48. The smallest absolute Gasteiger partial charge is 0.183 e. The molecule has 5 nitrogen and oxygen atoms in total. The monoisotopic (exact) mass is 204 g/mol. The van der Waals surface area contributed by atoms with Crippen LogP contribution in [0.3, 0.4) is 0 Å². The van der Waals surface area contributed by atoms with Gasteiger partial charge in [0, 0.05) is 25.5 Å². The minimum Gasteiger partial charge on any atom is -0.391 e. The first-order chi connectivity index (χ1) is 7.31. The van der Waals surface area contributed by atoms with Crippen LogP contribution in [0.5, 0.6) is 0 Å². The molecule has 1 N–H and O–H groups in total. The summed E-state index contributed by atoms with van der Waals surface area (Å²) >= 11 is 0. The van der Waals surface area contributed by atoms with Gasteiger partial charge < -0.3 is 10.0 Å². The molecule has 15 heavy (non-hydrogen) atoms. The van der Waals surface area contributed by atoms with Crippen molar-refractivity contribution in [2.24, 2.45) is 0 Å². The van der Waals surface area contributed by atoms with Gasteiger partial charge in [-0.05, 0) is 12.8 Å². The summed E-state index contributed by atoms with van der Waals surface area (Å²) in [6.45, 7) is 1.36. The minimum absolute atomic E-state index is 0.326. The number of anilines is 1. The quantitative estimate of drug-likeness (QED) is 0.712. The highest BCUT2D eigenvalue weighted by atomic mass is 16.3. The van der Waals surface area contributed by atoms with E-state index in [0.717, 1.165) is 19.4 Å². The van der Waals surface area contributed by atoms with Gasteiger partial charge in [0.15, 0.2) is 11.5 Å². The fraction of sp³-hybridized carbons (Fsp3) is 0.500. The summed E-state index contributed by atoms with van der Waals surface area (Å²) in [6, 6.07) is 2.01. The van der Waals surface area contributed by atoms with Gasteiger partial charge in [0.1, 0.15) is 6.07 Å². The van der Waals surface area contributed by atoms with E-state index in [1.807, 2.05) is 11.0 Å². The topological polar surface area (TPSA) is 73.0 Å². The lowest BCUT2D eigenvalue weighted by Gasteiger charge is -2.30. The van der Waals surface area contributed by atoms with Crippen LogP contribution in [-0.2, 0) is 0 Å². The average molecular weight is 204 g/mol. The maximum Gasteiger partial charge on any atom is 0.183 e. The Hall–Kier alpha value is -1.67. The summed E-state index contributed by atoms with van der Waals surface area (Å²) in [6.07, 6.45) is 4.48. The number of hydrogen-bond acceptors (Lipinski definition) is 5. The molecule has 1 saturated heterocycles. The summed E-state index contributed by atoms with van der Waals surface area (Å²) in [5, 5.41) is 18.4. The molecule has 78 valence electrons. The van der Waals surface area contributed by atoms with Gasteiger partial charge in [-0.25, -0.2) is 9.97 Å². The molecule has 2 heterocycles. The molecule has 0 spiro atoms. The average Bonchev–Trinajstić information content (AvgIpc) is 2.29. The molecule has 0 aliphatic carbocycles. The number of nitrogens with zero attached hydrogens (tertiary/aromatic N) is 4. The highest BCUT2D eigenvalue weighted by Gasteiger charge is 2.21. The van der Waals surface area contributed by atoms with E-state index in [4.69, 9.17) is 5.26 Å². The predicted molar refractivity (Wildman–Crippen MR) is 54.2 cm³/mol. The Bertz CT molecular complexity index is 387. The van der Waals surface area contributed by atoms with Gasteiger partial charge in [-0.3, -0.25) is 0 Å². The van der Waals surface area contributed by atoms with Gasteiger partial charge in [-0.15, -0.1) is 0 Å². The van der Waals surface area contributed by atoms with Crippen LogP contribution in [0.4, 0.5) is 5.82 Å². The molecule has 0 saturated carbocycles. The van der Waals surface area contributed by atoms with Gasteiger partial charge >= 0.3 is 0 Å². The largest absolute Gasteiger partial charge is 0.391 e. The number of aliphatic hydroxyl groups is 1. The van der Waals surface area contributed by atoms with Gasteiger partial charge in [-0.1, -0.05) is 0 Å². The molecular weight excluding hydrogens is 192 g/mol. The number of β-amino-alcohol motifs (C(OH)–C–C–N with tert-alkyl or cyclic N) is 1. The summed E-state index contributed by atoms with van der Waals surface area (Å²) in [5.74, 6) is 0.582. The summed E-state index contributed by atoms with van der Waals surface area (Å²) < 4.78 is 0. The van der Waals surface area contributed by atoms with E-state index in [1.54, 1.807) is 6.20 Å². The number of hydrogen-bond donors (Lipinski definition) is 1. The van der Waals surface area contributed by atoms with Crippen LogP contribution in [0.25, 0.3) is 0 Å². The molecule has 0 aromatic carbocycles. The zero-order valence-corrected chi connectivity index (χ0v) is 8.30. The Kier molecular flexibility index (Phi) is 2.79. The lowest BCUT2D eigenvalue weighted by molar-refractivity contribution is 0.154. The highest BCUT2D eigenvalue weighted by molar-refractivity contribution is 5.49. The second-order valence-electron chi connectivity index (χ2n) is 3.58. The zero-order valence-electron chi connectivity index (χ0n) is 8.30. The highest BCUT2D eigenvalue weighted by Crippen LogP contribution is 2.19. The van der Waals surface area contributed by atoms with Crippen molar-refractivity contribution in [1.29, 1.82) is 5.26 Å². The summed E-state index contributed by atoms with van der Waals surface area (Å²) in [5.41, 5.74) is 0.326. The third-order valence-electron chi connectivity index (χ3n) is 2.48. The molecule has 0 radical (unpaired) electrons. The lowest BCUT2D eigenvalue weighted by Crippen LogP contribution is -2.39. The van der Waals surface area contributed by atoms with E-state index in [0.29, 0.717) is 18.1 Å². The SMILES string of the molecule is N#Cc1nccnc1N1CCCC(O)C1. The Morgan fingerprint density at radius 3 is 3.00 bits per heavy atom. The second kappa shape index (κ2) is 4.24. The fourth-order valence-corrected chi connectivity index (χ4v) is 1.79. The number of aromatic nitrogens is 2. The van der Waals surface area contributed by atoms with Crippen molar-refractivity contribution >= 4 is 5.82 Å². The van der Waals surface area contributed by atoms with E-state index in [-0.39, 0.29) is 6.10 Å². The van der Waals surface area contributed by atoms with Crippen molar-refractivity contribution in [1.82, 2.24) is 9.97 Å². The van der Waals surface area contributed by atoms with E-state index >= 15 is 0 Å². The van der Waals surface area contributed by atoms with Crippen LogP contribution in [0.2, 0.25) is 0 Å². The molecule has 1 aromatic rings. The minimum atomic E-state index is -0.327. The van der Waals surface area contributed by atoms with Crippen LogP contribution in [0.15, 0.2) is 12.4 Å². The molecule has 1 fully saturated rings. The fourth-order valence-electron chi connectivity index (χ4n) is 1.79. The van der Waals surface area contributed by atoms with Gasteiger partial charge in [0.2, 0.25) is 0 Å². The number of nitriles is 1. The summed E-state index contributed by atoms with van der Waals surface area (Å²) in [7, 11) is 0. The Morgan fingerprint density at radius 1 is 1.47 bits per heavy atom. The van der Waals surface area contributed by atoms with Crippen LogP contribution >= 0.6 is 0 Å². The number of piperidine rings is 1. The normalized spacial score (nSPS) is 21.1. The Morgan fingerprint density at radius 2 is 2.27 bits per heavy atom. The molecule has 0 bridgehead atoms. The van der Waals surface area contributed by atoms with Crippen molar-refractivity contribution < 1.29 is 5.11 Å². The van der Waals surface area contributed by atoms with E-state index in [2.05, 4.69) is 9.97 Å². The molecule has 1 unspecified atom stereocenters. The van der Waals surface area contributed by atoms with Crippen LogP contribution in [0.1, 0.15) is 18.5 Å². The molecule has 1 aliphatic heterocycles. The van der Waals surface area contributed by atoms with Crippen molar-refractivity contribution in [3.8, 4) is 6.07 Å². The van der Waals surface area contributed by atoms with Crippen molar-refractivity contribution in [3.63, 3.8) is 0 Å². The maximum atomic E-state index is 9.53. The molecular formula is C10H12N4O. The first kappa shape index (κ1) is 9.87. The molecule has 1 aromatic heterocycles. The number of rotatable bonds is 1. The first-order valence-corrected chi connectivity index (χ1v) is 4.95. The molecule has 5 heteroatoms. The third kappa shape index (κ3) is 2.05. The first-order valence-electron chi connectivity index (χ1n) is 4.95. The van der Waals surface area contributed by atoms with E-state index < -0.39 is 0 Å². The zero-order chi connectivity index (χ0) is 10.7. The van der Waals surface area contributed by atoms with Crippen LogP contribution < -0.4 is 4.90 Å². The standard InChI is InChI=1S/C10H12N4O/c11-6-9-10(13-4-3-12-9)14-5-1-2-8(15)7-14/h3-4,8,15H,1-2,5,7H2. The summed E-state index contributed by atoms with van der Waals surface area (Å²) in [4.78, 5) is 10.0. The van der Waals surface area contributed by atoms with Crippen LogP contribution in [0, 0.1) is 11.3 Å². The lowest BCUT2D eigenvalue weighted by atomic mass is 10.1. The van der Waals surface area contributed by atoms with Crippen molar-refractivity contribution in [2.45, 2.75) is 18.9 Å². The maximum absolute atomic E-state index is 9.53. The second-order valence-corrected chi connectivity index (χ2v) is 3.58. The van der Waals surface area contributed by atoms with Crippen LogP contribution in [-0.4, -0.2) is 34.3 Å². The number of aliphatic hydroxyl groups excluding tert-OH is 1. The van der Waals surface area contributed by atoms with Gasteiger partial charge in [-0.2, -0.15) is 5.26 Å². The molecule has 2 rings (SSSR count). The molecule has 0 amide bonds. The van der Waals surface area contributed by atoms with E-state index in [1.165, 1.54) is 6.20 Å². The predicted octanol–water partition coefficient (Wildman–Crippen LogP) is 0.309. The Balaban J connectivity index is 2.25. The molecule has 1 atom stereocenters. The van der Waals surface area contributed by atoms with E-state index in [9.17, 15) is 5.11 Å². The van der Waals surface area contributed by atoms with Gasteiger partial charge in [0.05, 0.1) is 6.10 Å². The van der Waals surface area contributed by atoms with Gasteiger partial charge in [0.25, 0.3) is 0 Å². The van der Waals surface area contributed by atoms with Crippen molar-refractivity contribution in [3.05, 3.63) is 18.1 Å². The molecule has 1 aliphatic rings.